The van der Waals surface area contributed by atoms with Crippen LogP contribution in [0.1, 0.15) is 23.7 Å². The van der Waals surface area contributed by atoms with Crippen molar-refractivity contribution in [3.63, 3.8) is 0 Å². The quantitative estimate of drug-likeness (QED) is 0.465. The lowest BCUT2D eigenvalue weighted by atomic mass is 10.1. The number of nitrogens with one attached hydrogen (secondary N) is 1. The summed E-state index contributed by atoms with van der Waals surface area (Å²) in [4.78, 5) is 42.0. The van der Waals surface area contributed by atoms with Crippen LogP contribution in [0.25, 0.3) is 10.8 Å². The molecule has 2 heterocycles. The molecule has 1 N–H and O–H groups in total. The summed E-state index contributed by atoms with van der Waals surface area (Å²) in [5.74, 6) is -1.51. The number of anilines is 1. The van der Waals surface area contributed by atoms with Gasteiger partial charge in [-0.05, 0) is 50.1 Å². The van der Waals surface area contributed by atoms with Crippen molar-refractivity contribution >= 4 is 28.3 Å². The number of amides is 1. The number of hydrogen-bond acceptors (Lipinski definition) is 7. The number of nitrogens with zero attached hydrogens (tertiary/aromatic N) is 4. The molecule has 1 saturated heterocycles. The van der Waals surface area contributed by atoms with E-state index in [1.54, 1.807) is 13.0 Å². The molecule has 3 aromatic rings. The average Bonchev–Trinajstić information content (AvgIpc) is 2.87. The number of carbonyl (C=O) groups is 2. The van der Waals surface area contributed by atoms with Crippen molar-refractivity contribution in [2.75, 3.05) is 44.2 Å². The molecule has 1 amide bonds. The number of halogens is 1. The lowest BCUT2D eigenvalue weighted by Crippen LogP contribution is -2.50. The fourth-order valence-corrected chi connectivity index (χ4v) is 4.45. The Kier molecular flexibility index (Phi) is 8.17. The van der Waals surface area contributed by atoms with Gasteiger partial charge in [0.15, 0.2) is 0 Å². The number of aromatic nitrogens is 2. The van der Waals surface area contributed by atoms with Gasteiger partial charge in [-0.1, -0.05) is 18.2 Å². The van der Waals surface area contributed by atoms with Gasteiger partial charge in [-0.25, -0.2) is 9.07 Å². The van der Waals surface area contributed by atoms with E-state index in [9.17, 15) is 18.8 Å². The van der Waals surface area contributed by atoms with Gasteiger partial charge in [0.05, 0.1) is 30.7 Å². The summed E-state index contributed by atoms with van der Waals surface area (Å²) in [5.41, 5.74) is 3.23. The summed E-state index contributed by atoms with van der Waals surface area (Å²) < 4.78 is 20.5. The fraction of sp³-hybridized carbons (Fsp3) is 0.407. The summed E-state index contributed by atoms with van der Waals surface area (Å²) in [6.07, 6.45) is -0.215. The van der Waals surface area contributed by atoms with Gasteiger partial charge in [0, 0.05) is 37.3 Å². The zero-order valence-electron chi connectivity index (χ0n) is 21.4. The Morgan fingerprint density at radius 3 is 2.54 bits per heavy atom. The lowest BCUT2D eigenvalue weighted by molar-refractivity contribution is -0.142. The molecule has 1 aliphatic heterocycles. The van der Waals surface area contributed by atoms with E-state index >= 15 is 0 Å². The second-order valence-electron chi connectivity index (χ2n) is 9.19. The summed E-state index contributed by atoms with van der Waals surface area (Å²) in [6.45, 7) is 9.07. The summed E-state index contributed by atoms with van der Waals surface area (Å²) in [5, 5.41) is 7.02. The zero-order valence-corrected chi connectivity index (χ0v) is 21.4. The number of ether oxygens (including phenoxy) is 1. The minimum absolute atomic E-state index is 0.173. The summed E-state index contributed by atoms with van der Waals surface area (Å²) in [6, 6.07) is 10.6. The van der Waals surface area contributed by atoms with Gasteiger partial charge >= 0.3 is 5.97 Å². The molecule has 0 bridgehead atoms. The number of aryl methyl sites for hydroxylation is 2. The van der Waals surface area contributed by atoms with Crippen molar-refractivity contribution in [2.24, 2.45) is 0 Å². The molecule has 0 spiro atoms. The largest absolute Gasteiger partial charge is 0.466 e. The Morgan fingerprint density at radius 1 is 1.08 bits per heavy atom. The Hall–Kier alpha value is -3.79. The van der Waals surface area contributed by atoms with Gasteiger partial charge in [-0.3, -0.25) is 19.3 Å². The second-order valence-corrected chi connectivity index (χ2v) is 9.19. The van der Waals surface area contributed by atoms with Crippen molar-refractivity contribution in [1.29, 1.82) is 0 Å². The minimum atomic E-state index is -0.711. The van der Waals surface area contributed by atoms with E-state index in [1.807, 2.05) is 0 Å². The van der Waals surface area contributed by atoms with E-state index in [4.69, 9.17) is 4.74 Å². The SMILES string of the molecule is CCOC(=O)Cc1nn(CNC(=O)CN2CCN(c3ccc(C)c(C)c3)CC2)c(=O)c2c(F)cccc12. The summed E-state index contributed by atoms with van der Waals surface area (Å²) >= 11 is 0. The van der Waals surface area contributed by atoms with Crippen molar-refractivity contribution < 1.29 is 18.7 Å². The van der Waals surface area contributed by atoms with Crippen LogP contribution in [0.2, 0.25) is 0 Å². The number of hydrogen-bond donors (Lipinski definition) is 1. The monoisotopic (exact) mass is 509 g/mol. The van der Waals surface area contributed by atoms with E-state index in [0.29, 0.717) is 0 Å². The number of esters is 1. The van der Waals surface area contributed by atoms with Gasteiger partial charge in [0.2, 0.25) is 5.91 Å². The standard InChI is InChI=1S/C27H32FN5O4/c1-4-37-25(35)15-23-21-6-5-7-22(28)26(21)27(36)33(30-23)17-29-24(34)16-31-10-12-32(13-11-31)20-9-8-18(2)19(3)14-20/h5-9,14H,4,10-13,15-17H2,1-3H3,(H,29,34). The first-order valence-corrected chi connectivity index (χ1v) is 12.4. The molecule has 0 unspecified atom stereocenters. The van der Waals surface area contributed by atoms with Crippen molar-refractivity contribution in [3.05, 3.63) is 69.4 Å². The predicted molar refractivity (Wildman–Crippen MR) is 139 cm³/mol. The van der Waals surface area contributed by atoms with Crippen LogP contribution in [0.5, 0.6) is 0 Å². The van der Waals surface area contributed by atoms with Crippen LogP contribution in [0, 0.1) is 19.7 Å². The molecule has 0 saturated carbocycles. The molecule has 10 heteroatoms. The molecule has 37 heavy (non-hydrogen) atoms. The fourth-order valence-electron chi connectivity index (χ4n) is 4.45. The third kappa shape index (κ3) is 6.14. The predicted octanol–water partition coefficient (Wildman–Crippen LogP) is 2.15. The van der Waals surface area contributed by atoms with Gasteiger partial charge in [0.1, 0.15) is 12.5 Å². The van der Waals surface area contributed by atoms with Crippen LogP contribution in [-0.2, 0) is 27.4 Å². The average molecular weight is 510 g/mol. The summed E-state index contributed by atoms with van der Waals surface area (Å²) in [7, 11) is 0. The zero-order chi connectivity index (χ0) is 26.5. The maximum absolute atomic E-state index is 14.5. The van der Waals surface area contributed by atoms with Gasteiger partial charge in [-0.2, -0.15) is 5.10 Å². The highest BCUT2D eigenvalue weighted by Crippen LogP contribution is 2.20. The van der Waals surface area contributed by atoms with Crippen molar-refractivity contribution in [1.82, 2.24) is 20.0 Å². The minimum Gasteiger partial charge on any atom is -0.466 e. The molecule has 1 fully saturated rings. The Balaban J connectivity index is 1.39. The molecule has 1 aliphatic rings. The Labute approximate surface area is 214 Å². The van der Waals surface area contributed by atoms with E-state index in [2.05, 4.69) is 52.3 Å². The van der Waals surface area contributed by atoms with E-state index < -0.39 is 17.3 Å². The van der Waals surface area contributed by atoms with E-state index in [-0.39, 0.29) is 48.6 Å². The third-order valence-electron chi connectivity index (χ3n) is 6.65. The van der Waals surface area contributed by atoms with Crippen molar-refractivity contribution in [2.45, 2.75) is 33.9 Å². The molecule has 1 aromatic heterocycles. The molecule has 196 valence electrons. The molecule has 0 radical (unpaired) electrons. The lowest BCUT2D eigenvalue weighted by Gasteiger charge is -2.36. The first-order chi connectivity index (χ1) is 17.8. The molecular formula is C27H32FN5O4. The number of rotatable bonds is 8. The normalized spacial score (nSPS) is 14.1. The Morgan fingerprint density at radius 2 is 1.84 bits per heavy atom. The van der Waals surface area contributed by atoms with Gasteiger partial charge < -0.3 is 15.0 Å². The van der Waals surface area contributed by atoms with Crippen molar-refractivity contribution in [3.8, 4) is 0 Å². The smallest absolute Gasteiger partial charge is 0.311 e. The van der Waals surface area contributed by atoms with Crippen LogP contribution in [0.4, 0.5) is 10.1 Å². The third-order valence-corrected chi connectivity index (χ3v) is 6.65. The molecule has 0 atom stereocenters. The molecule has 9 nitrogen and oxygen atoms in total. The van der Waals surface area contributed by atoms with Crippen LogP contribution < -0.4 is 15.8 Å². The highest BCUT2D eigenvalue weighted by atomic mass is 19.1. The molecule has 2 aromatic carbocycles. The highest BCUT2D eigenvalue weighted by molar-refractivity contribution is 5.87. The van der Waals surface area contributed by atoms with E-state index in [0.717, 1.165) is 30.9 Å². The van der Waals surface area contributed by atoms with Crippen LogP contribution >= 0.6 is 0 Å². The van der Waals surface area contributed by atoms with E-state index in [1.165, 1.54) is 28.9 Å². The topological polar surface area (TPSA) is 96.8 Å². The second kappa shape index (κ2) is 11.5. The maximum atomic E-state index is 14.5. The molecular weight excluding hydrogens is 477 g/mol. The first kappa shape index (κ1) is 26.3. The van der Waals surface area contributed by atoms with Gasteiger partial charge in [-0.15, -0.1) is 0 Å². The number of benzene rings is 2. The number of carbonyl (C=O) groups excluding carboxylic acids is 2. The molecule has 4 rings (SSSR count). The molecule has 0 aliphatic carbocycles. The van der Waals surface area contributed by atoms with Crippen LogP contribution in [0.15, 0.2) is 41.2 Å². The van der Waals surface area contributed by atoms with Crippen LogP contribution in [0.3, 0.4) is 0 Å². The first-order valence-electron chi connectivity index (χ1n) is 12.4. The number of fused-ring (bicyclic) bond motifs is 1. The highest BCUT2D eigenvalue weighted by Gasteiger charge is 2.21. The van der Waals surface area contributed by atoms with Gasteiger partial charge in [0.25, 0.3) is 5.56 Å². The Bertz CT molecular complexity index is 1360. The van der Waals surface area contributed by atoms with Crippen LogP contribution in [-0.4, -0.2) is 65.9 Å². The maximum Gasteiger partial charge on any atom is 0.311 e. The number of piperazine rings is 1.